The van der Waals surface area contributed by atoms with Crippen LogP contribution in [0.15, 0.2) is 101 Å². The van der Waals surface area contributed by atoms with Crippen molar-refractivity contribution in [3.05, 3.63) is 118 Å². The van der Waals surface area contributed by atoms with Gasteiger partial charge >= 0.3 is 0 Å². The number of halogens is 1. The summed E-state index contributed by atoms with van der Waals surface area (Å²) in [6.07, 6.45) is 0.815. The predicted molar refractivity (Wildman–Crippen MR) is 144 cm³/mol. The summed E-state index contributed by atoms with van der Waals surface area (Å²) in [4.78, 5) is 5.02. The first kappa shape index (κ1) is 21.1. The van der Waals surface area contributed by atoms with E-state index in [0.717, 1.165) is 39.1 Å². The second-order valence-electron chi connectivity index (χ2n) is 8.61. The van der Waals surface area contributed by atoms with Crippen LogP contribution in [0, 0.1) is 6.92 Å². The Bertz CT molecular complexity index is 1500. The summed E-state index contributed by atoms with van der Waals surface area (Å²) in [6.45, 7) is 2.10. The van der Waals surface area contributed by atoms with Crippen LogP contribution in [0.4, 0.5) is 5.13 Å². The lowest BCUT2D eigenvalue weighted by Crippen LogP contribution is -2.18. The summed E-state index contributed by atoms with van der Waals surface area (Å²) in [5.41, 5.74) is 6.73. The molecule has 0 saturated carbocycles. The SMILES string of the molecule is Cc1ccc(C2=NN(c3nc(-c4ccc5ccccc5c4)cs3)C(c3ccc(Cl)cc3)C2)cc1. The number of fused-ring (bicyclic) bond motifs is 1. The zero-order valence-corrected chi connectivity index (χ0v) is 20.2. The van der Waals surface area contributed by atoms with Gasteiger partial charge in [0.15, 0.2) is 0 Å². The van der Waals surface area contributed by atoms with Crippen molar-refractivity contribution in [3.8, 4) is 11.3 Å². The number of benzene rings is 4. The van der Waals surface area contributed by atoms with Gasteiger partial charge in [-0.3, -0.25) is 0 Å². The average Bonchev–Trinajstić information content (AvgIpc) is 3.53. The zero-order chi connectivity index (χ0) is 23.1. The molecule has 6 rings (SSSR count). The fourth-order valence-electron chi connectivity index (χ4n) is 4.40. The number of thiazole rings is 1. The van der Waals surface area contributed by atoms with Crippen molar-refractivity contribution >= 4 is 44.6 Å². The second-order valence-corrected chi connectivity index (χ2v) is 9.88. The van der Waals surface area contributed by atoms with E-state index in [2.05, 4.69) is 96.2 Å². The number of rotatable bonds is 4. The summed E-state index contributed by atoms with van der Waals surface area (Å²) in [5, 5.41) is 13.3. The quantitative estimate of drug-likeness (QED) is 0.259. The molecule has 1 atom stereocenters. The third-order valence-electron chi connectivity index (χ3n) is 6.28. The van der Waals surface area contributed by atoms with E-state index in [1.54, 1.807) is 11.3 Å². The maximum absolute atomic E-state index is 6.17. The molecule has 1 aromatic heterocycles. The number of anilines is 1. The van der Waals surface area contributed by atoms with E-state index in [1.165, 1.54) is 21.9 Å². The first-order valence-electron chi connectivity index (χ1n) is 11.3. The lowest BCUT2D eigenvalue weighted by atomic mass is 9.98. The fourth-order valence-corrected chi connectivity index (χ4v) is 5.36. The van der Waals surface area contributed by atoms with Gasteiger partial charge in [0.2, 0.25) is 5.13 Å². The molecule has 166 valence electrons. The third kappa shape index (κ3) is 4.00. The van der Waals surface area contributed by atoms with E-state index in [4.69, 9.17) is 21.7 Å². The topological polar surface area (TPSA) is 28.5 Å². The normalized spacial score (nSPS) is 15.6. The summed E-state index contributed by atoms with van der Waals surface area (Å²) < 4.78 is 0. The van der Waals surface area contributed by atoms with Gasteiger partial charge in [-0.1, -0.05) is 90.0 Å². The molecule has 1 aliphatic rings. The molecule has 5 heteroatoms. The highest BCUT2D eigenvalue weighted by Gasteiger charge is 2.31. The minimum atomic E-state index is 0.0733. The van der Waals surface area contributed by atoms with Crippen molar-refractivity contribution in [3.63, 3.8) is 0 Å². The molecule has 1 aliphatic heterocycles. The van der Waals surface area contributed by atoms with Gasteiger partial charge in [-0.15, -0.1) is 11.3 Å². The van der Waals surface area contributed by atoms with Crippen LogP contribution in [0.5, 0.6) is 0 Å². The minimum absolute atomic E-state index is 0.0733. The highest BCUT2D eigenvalue weighted by molar-refractivity contribution is 7.14. The molecule has 0 bridgehead atoms. The minimum Gasteiger partial charge on any atom is -0.231 e. The van der Waals surface area contributed by atoms with E-state index < -0.39 is 0 Å². The van der Waals surface area contributed by atoms with Crippen LogP contribution >= 0.6 is 22.9 Å². The lowest BCUT2D eigenvalue weighted by Gasteiger charge is -2.21. The van der Waals surface area contributed by atoms with E-state index in [9.17, 15) is 0 Å². The first-order valence-corrected chi connectivity index (χ1v) is 12.5. The highest BCUT2D eigenvalue weighted by atomic mass is 35.5. The summed E-state index contributed by atoms with van der Waals surface area (Å²) in [7, 11) is 0. The van der Waals surface area contributed by atoms with Gasteiger partial charge in [0, 0.05) is 22.4 Å². The number of nitrogens with zero attached hydrogens (tertiary/aromatic N) is 3. The summed E-state index contributed by atoms with van der Waals surface area (Å²) >= 11 is 7.80. The van der Waals surface area contributed by atoms with Gasteiger partial charge in [0.1, 0.15) is 0 Å². The molecule has 2 heterocycles. The Morgan fingerprint density at radius 1 is 0.853 bits per heavy atom. The van der Waals surface area contributed by atoms with Crippen LogP contribution in [0.25, 0.3) is 22.0 Å². The Balaban J connectivity index is 1.38. The van der Waals surface area contributed by atoms with Crippen LogP contribution in [-0.4, -0.2) is 10.7 Å². The number of aromatic nitrogens is 1. The van der Waals surface area contributed by atoms with E-state index in [0.29, 0.717) is 0 Å². The number of hydrogen-bond donors (Lipinski definition) is 0. The smallest absolute Gasteiger partial charge is 0.207 e. The Kier molecular flexibility index (Phi) is 5.40. The predicted octanol–water partition coefficient (Wildman–Crippen LogP) is 8.28. The number of hydrazone groups is 1. The average molecular weight is 480 g/mol. The third-order valence-corrected chi connectivity index (χ3v) is 7.37. The molecule has 1 unspecified atom stereocenters. The van der Waals surface area contributed by atoms with Crippen molar-refractivity contribution in [2.24, 2.45) is 5.10 Å². The lowest BCUT2D eigenvalue weighted by molar-refractivity contribution is 0.706. The van der Waals surface area contributed by atoms with Crippen LogP contribution in [0.2, 0.25) is 5.02 Å². The van der Waals surface area contributed by atoms with E-state index in [1.807, 2.05) is 12.1 Å². The molecular weight excluding hydrogens is 458 g/mol. The van der Waals surface area contributed by atoms with Crippen molar-refractivity contribution in [1.82, 2.24) is 4.98 Å². The molecule has 0 radical (unpaired) electrons. The largest absolute Gasteiger partial charge is 0.231 e. The molecule has 3 nitrogen and oxygen atoms in total. The molecule has 0 spiro atoms. The van der Waals surface area contributed by atoms with Crippen LogP contribution in [-0.2, 0) is 0 Å². The fraction of sp³-hybridized carbons (Fsp3) is 0.103. The molecule has 4 aromatic carbocycles. The molecular formula is C29H22ClN3S. The zero-order valence-electron chi connectivity index (χ0n) is 18.6. The van der Waals surface area contributed by atoms with E-state index >= 15 is 0 Å². The van der Waals surface area contributed by atoms with Gasteiger partial charge < -0.3 is 0 Å². The van der Waals surface area contributed by atoms with E-state index in [-0.39, 0.29) is 6.04 Å². The Morgan fingerprint density at radius 2 is 1.59 bits per heavy atom. The Labute approximate surface area is 208 Å². The Hall–Kier alpha value is -3.47. The summed E-state index contributed by atoms with van der Waals surface area (Å²) in [6, 6.07) is 31.6. The monoisotopic (exact) mass is 479 g/mol. The second kappa shape index (κ2) is 8.71. The van der Waals surface area contributed by atoms with Crippen molar-refractivity contribution in [2.75, 3.05) is 5.01 Å². The van der Waals surface area contributed by atoms with Crippen molar-refractivity contribution in [2.45, 2.75) is 19.4 Å². The Morgan fingerprint density at radius 3 is 2.38 bits per heavy atom. The standard InChI is InChI=1S/C29H22ClN3S/c1-19-6-8-21(9-7-19)26-17-28(22-12-14-25(30)15-13-22)33(32-26)29-31-27(18-34-29)24-11-10-20-4-2-3-5-23(20)16-24/h2-16,18,28H,17H2,1H3. The molecule has 0 amide bonds. The van der Waals surface area contributed by atoms with Crippen LogP contribution in [0.1, 0.15) is 29.2 Å². The highest BCUT2D eigenvalue weighted by Crippen LogP contribution is 2.40. The number of aryl methyl sites for hydroxylation is 1. The molecule has 0 aliphatic carbocycles. The van der Waals surface area contributed by atoms with Gasteiger partial charge in [-0.25, -0.2) is 9.99 Å². The van der Waals surface area contributed by atoms with Crippen molar-refractivity contribution in [1.29, 1.82) is 0 Å². The molecule has 5 aromatic rings. The molecule has 0 N–H and O–H groups in total. The van der Waals surface area contributed by atoms with Crippen LogP contribution in [0.3, 0.4) is 0 Å². The number of hydrogen-bond acceptors (Lipinski definition) is 4. The van der Waals surface area contributed by atoms with Crippen LogP contribution < -0.4 is 5.01 Å². The van der Waals surface area contributed by atoms with Gasteiger partial charge in [-0.05, 0) is 47.0 Å². The van der Waals surface area contributed by atoms with Gasteiger partial charge in [-0.2, -0.15) is 5.10 Å². The molecule has 34 heavy (non-hydrogen) atoms. The van der Waals surface area contributed by atoms with Crippen molar-refractivity contribution < 1.29 is 0 Å². The van der Waals surface area contributed by atoms with Gasteiger partial charge in [0.25, 0.3) is 0 Å². The summed E-state index contributed by atoms with van der Waals surface area (Å²) in [5.74, 6) is 0. The maximum atomic E-state index is 6.17. The maximum Gasteiger partial charge on any atom is 0.207 e. The first-order chi connectivity index (χ1) is 16.6. The molecule has 0 saturated heterocycles. The molecule has 0 fully saturated rings. The van der Waals surface area contributed by atoms with Gasteiger partial charge in [0.05, 0.1) is 17.4 Å².